The number of carbonyl (C=O) groups excluding carboxylic acids is 1. The van der Waals surface area contributed by atoms with Gasteiger partial charge in [0, 0.05) is 25.0 Å². The number of rotatable bonds is 5. The summed E-state index contributed by atoms with van der Waals surface area (Å²) in [5.41, 5.74) is 0.170. The van der Waals surface area contributed by atoms with Crippen LogP contribution in [0.25, 0.3) is 11.6 Å². The molecule has 0 bridgehead atoms. The average Bonchev–Trinajstić information content (AvgIpc) is 2.96. The summed E-state index contributed by atoms with van der Waals surface area (Å²) in [7, 11) is 3.75. The van der Waals surface area contributed by atoms with Gasteiger partial charge >= 0.3 is 12.1 Å². The second kappa shape index (κ2) is 6.91. The second-order valence-electron chi connectivity index (χ2n) is 5.35. The van der Waals surface area contributed by atoms with Crippen molar-refractivity contribution in [3.05, 3.63) is 23.8 Å². The largest absolute Gasteiger partial charge is 0.471 e. The summed E-state index contributed by atoms with van der Waals surface area (Å²) >= 11 is 0. The first-order valence-corrected chi connectivity index (χ1v) is 6.85. The highest BCUT2D eigenvalue weighted by Gasteiger charge is 2.38. The van der Waals surface area contributed by atoms with E-state index in [9.17, 15) is 18.0 Å². The fourth-order valence-corrected chi connectivity index (χ4v) is 1.89. The Morgan fingerprint density at radius 2 is 1.92 bits per heavy atom. The minimum absolute atomic E-state index is 0.0984. The molecule has 0 saturated carbocycles. The topological polar surface area (TPSA) is 97.0 Å². The van der Waals surface area contributed by atoms with Gasteiger partial charge in [0.25, 0.3) is 5.91 Å². The van der Waals surface area contributed by atoms with E-state index in [4.69, 9.17) is 0 Å². The van der Waals surface area contributed by atoms with E-state index in [0.29, 0.717) is 6.54 Å². The molecule has 0 saturated heterocycles. The minimum atomic E-state index is -4.74. The van der Waals surface area contributed by atoms with Crippen LogP contribution >= 0.6 is 0 Å². The summed E-state index contributed by atoms with van der Waals surface area (Å²) in [5.74, 6) is -2.46. The summed E-state index contributed by atoms with van der Waals surface area (Å²) in [5, 5.41) is 5.92. The van der Waals surface area contributed by atoms with Crippen LogP contribution in [0, 0.1) is 0 Å². The molecule has 0 radical (unpaired) electrons. The molecule has 1 unspecified atom stereocenters. The molecular weight excluding hydrogens is 329 g/mol. The first-order chi connectivity index (χ1) is 11.2. The summed E-state index contributed by atoms with van der Waals surface area (Å²) in [4.78, 5) is 24.7. The van der Waals surface area contributed by atoms with E-state index in [1.54, 1.807) is 0 Å². The number of amides is 1. The predicted octanol–water partition coefficient (Wildman–Crippen LogP) is 1.23. The zero-order chi connectivity index (χ0) is 17.9. The van der Waals surface area contributed by atoms with E-state index >= 15 is 0 Å². The van der Waals surface area contributed by atoms with Gasteiger partial charge in [-0.15, -0.1) is 0 Å². The molecule has 0 aliphatic heterocycles. The zero-order valence-electron chi connectivity index (χ0n) is 13.1. The summed E-state index contributed by atoms with van der Waals surface area (Å²) in [6.07, 6.45) is -2.37. The third-order valence-electron chi connectivity index (χ3n) is 2.80. The van der Waals surface area contributed by atoms with E-state index in [1.165, 1.54) is 12.4 Å². The van der Waals surface area contributed by atoms with Gasteiger partial charge in [0.15, 0.2) is 0 Å². The number of nitrogens with one attached hydrogen (secondary N) is 1. The number of likely N-dealkylation sites (N-methyl/N-ethyl adjacent to an activating group) is 1. The quantitative estimate of drug-likeness (QED) is 0.871. The van der Waals surface area contributed by atoms with Crippen LogP contribution in [0.3, 0.4) is 0 Å². The lowest BCUT2D eigenvalue weighted by atomic mass is 10.2. The molecule has 24 heavy (non-hydrogen) atoms. The Kier molecular flexibility index (Phi) is 5.12. The van der Waals surface area contributed by atoms with E-state index in [2.05, 4.69) is 29.9 Å². The first-order valence-electron chi connectivity index (χ1n) is 6.85. The zero-order valence-corrected chi connectivity index (χ0v) is 13.1. The number of nitrogens with zero attached hydrogens (tertiary/aromatic N) is 5. The van der Waals surface area contributed by atoms with E-state index < -0.39 is 17.9 Å². The average molecular weight is 344 g/mol. The summed E-state index contributed by atoms with van der Waals surface area (Å²) < 4.78 is 41.3. The van der Waals surface area contributed by atoms with Gasteiger partial charge < -0.3 is 14.7 Å². The normalized spacial score (nSPS) is 13.1. The fourth-order valence-electron chi connectivity index (χ4n) is 1.89. The van der Waals surface area contributed by atoms with Crippen molar-refractivity contribution in [2.24, 2.45) is 0 Å². The molecular formula is C13H15F3N6O2. The smallest absolute Gasteiger partial charge is 0.348 e. The molecule has 2 heterocycles. The van der Waals surface area contributed by atoms with E-state index in [0.717, 1.165) is 0 Å². The van der Waals surface area contributed by atoms with Gasteiger partial charge in [-0.3, -0.25) is 4.79 Å². The molecule has 0 fully saturated rings. The van der Waals surface area contributed by atoms with Gasteiger partial charge in [0.2, 0.25) is 11.6 Å². The molecule has 130 valence electrons. The van der Waals surface area contributed by atoms with Crippen molar-refractivity contribution in [1.82, 2.24) is 30.3 Å². The molecule has 1 N–H and O–H groups in total. The maximum Gasteiger partial charge on any atom is 0.471 e. The van der Waals surface area contributed by atoms with Crippen molar-refractivity contribution < 1.29 is 22.5 Å². The Morgan fingerprint density at radius 1 is 1.29 bits per heavy atom. The van der Waals surface area contributed by atoms with Crippen molar-refractivity contribution in [2.75, 3.05) is 20.6 Å². The highest BCUT2D eigenvalue weighted by molar-refractivity contribution is 5.93. The molecule has 11 heteroatoms. The first kappa shape index (κ1) is 17.8. The number of halogens is 3. The van der Waals surface area contributed by atoms with Crippen LogP contribution in [0.2, 0.25) is 0 Å². The van der Waals surface area contributed by atoms with Gasteiger partial charge in [-0.1, -0.05) is 5.16 Å². The van der Waals surface area contributed by atoms with Gasteiger partial charge in [-0.2, -0.15) is 18.2 Å². The van der Waals surface area contributed by atoms with Crippen molar-refractivity contribution in [1.29, 1.82) is 0 Å². The number of hydrogen-bond acceptors (Lipinski definition) is 7. The summed E-state index contributed by atoms with van der Waals surface area (Å²) in [6, 6.07) is -0.0984. The third-order valence-corrected chi connectivity index (χ3v) is 2.80. The summed E-state index contributed by atoms with van der Waals surface area (Å²) in [6.45, 7) is 2.48. The molecule has 2 rings (SSSR count). The lowest BCUT2D eigenvalue weighted by Crippen LogP contribution is -2.39. The molecule has 0 spiro atoms. The molecule has 2 aromatic rings. The second-order valence-corrected chi connectivity index (χ2v) is 5.35. The number of aromatic nitrogens is 4. The van der Waals surface area contributed by atoms with E-state index in [-0.39, 0.29) is 23.3 Å². The van der Waals surface area contributed by atoms with Crippen LogP contribution in [-0.2, 0) is 6.18 Å². The van der Waals surface area contributed by atoms with Crippen molar-refractivity contribution >= 4 is 5.91 Å². The monoisotopic (exact) mass is 344 g/mol. The standard InChI is InChI=1S/C13H15F3N6O2/c1-7(6-22(2)3)19-11(23)8-4-17-9(18-5-8)10-20-12(24-21-10)13(14,15)16/h4-5,7H,6H2,1-3H3,(H,19,23). The van der Waals surface area contributed by atoms with Crippen LogP contribution in [0.15, 0.2) is 16.9 Å². The van der Waals surface area contributed by atoms with E-state index in [1.807, 2.05) is 25.9 Å². The van der Waals surface area contributed by atoms with Gasteiger partial charge in [-0.05, 0) is 21.0 Å². The Bertz CT molecular complexity index is 698. The fraction of sp³-hybridized carbons (Fsp3) is 0.462. The molecule has 8 nitrogen and oxygen atoms in total. The molecule has 0 aliphatic carbocycles. The van der Waals surface area contributed by atoms with Crippen LogP contribution in [0.4, 0.5) is 13.2 Å². The molecule has 0 aliphatic rings. The van der Waals surface area contributed by atoms with Crippen molar-refractivity contribution in [3.8, 4) is 11.6 Å². The molecule has 0 aromatic carbocycles. The SMILES string of the molecule is CC(CN(C)C)NC(=O)c1cnc(-c2noc(C(F)(F)F)n2)nc1. The lowest BCUT2D eigenvalue weighted by molar-refractivity contribution is -0.159. The minimum Gasteiger partial charge on any atom is -0.348 e. The lowest BCUT2D eigenvalue weighted by Gasteiger charge is -2.18. The van der Waals surface area contributed by atoms with Crippen molar-refractivity contribution in [3.63, 3.8) is 0 Å². The highest BCUT2D eigenvalue weighted by Crippen LogP contribution is 2.28. The Balaban J connectivity index is 2.07. The molecule has 2 aromatic heterocycles. The van der Waals surface area contributed by atoms with Crippen LogP contribution in [-0.4, -0.2) is 57.6 Å². The Hall–Kier alpha value is -2.56. The highest BCUT2D eigenvalue weighted by atomic mass is 19.4. The third kappa shape index (κ3) is 4.47. The van der Waals surface area contributed by atoms with Crippen LogP contribution < -0.4 is 5.32 Å². The maximum atomic E-state index is 12.4. The molecule has 1 atom stereocenters. The number of carbonyl (C=O) groups is 1. The number of alkyl halides is 3. The van der Waals surface area contributed by atoms with Crippen LogP contribution in [0.5, 0.6) is 0 Å². The van der Waals surface area contributed by atoms with Gasteiger partial charge in [0.05, 0.1) is 5.56 Å². The van der Waals surface area contributed by atoms with Crippen LogP contribution in [0.1, 0.15) is 23.2 Å². The Labute approximate surface area is 135 Å². The predicted molar refractivity (Wildman–Crippen MR) is 75.8 cm³/mol. The van der Waals surface area contributed by atoms with Gasteiger partial charge in [-0.25, -0.2) is 9.97 Å². The molecule has 1 amide bonds. The van der Waals surface area contributed by atoms with Crippen molar-refractivity contribution in [2.45, 2.75) is 19.1 Å². The van der Waals surface area contributed by atoms with Gasteiger partial charge in [0.1, 0.15) is 0 Å². The Morgan fingerprint density at radius 3 is 2.42 bits per heavy atom. The number of hydrogen-bond donors (Lipinski definition) is 1. The maximum absolute atomic E-state index is 12.4.